The number of hydrogen-bond acceptors (Lipinski definition) is 7. The van der Waals surface area contributed by atoms with Crippen molar-refractivity contribution in [3.63, 3.8) is 0 Å². The highest BCUT2D eigenvalue weighted by Gasteiger charge is 2.29. The van der Waals surface area contributed by atoms with Gasteiger partial charge >= 0.3 is 11.9 Å². The van der Waals surface area contributed by atoms with E-state index in [-0.39, 0.29) is 24.8 Å². The third-order valence-electron chi connectivity index (χ3n) is 5.73. The molecule has 2 aromatic rings. The normalized spacial score (nSPS) is 15.9. The molecule has 0 atom stereocenters. The third-order valence-corrected chi connectivity index (χ3v) is 5.73. The van der Waals surface area contributed by atoms with Crippen molar-refractivity contribution >= 4 is 35.8 Å². The van der Waals surface area contributed by atoms with Crippen molar-refractivity contribution in [2.75, 3.05) is 47.9 Å². The van der Waals surface area contributed by atoms with E-state index in [9.17, 15) is 19.2 Å². The summed E-state index contributed by atoms with van der Waals surface area (Å²) in [6.45, 7) is 0.907. The number of piperidine rings is 1. The number of amides is 1. The number of nitrogens with zero attached hydrogens (tertiary/aromatic N) is 2. The fourth-order valence-corrected chi connectivity index (χ4v) is 3.84. The number of esters is 2. The SMILES string of the molecule is COC(=O)c1cccc(/C=C2\CN(C(=O)CCN(C)C)C/C(=C\c3cccc(C(=O)OC)c3)C2=O)c1. The number of carbonyl (C=O) groups is 4. The lowest BCUT2D eigenvalue weighted by molar-refractivity contribution is -0.131. The van der Waals surface area contributed by atoms with Crippen LogP contribution >= 0.6 is 0 Å². The number of methoxy groups -OCH3 is 2. The molecule has 8 heteroatoms. The molecule has 0 radical (unpaired) electrons. The van der Waals surface area contributed by atoms with Gasteiger partial charge in [-0.1, -0.05) is 24.3 Å². The average molecular weight is 491 g/mol. The summed E-state index contributed by atoms with van der Waals surface area (Å²) in [6, 6.07) is 13.5. The Morgan fingerprint density at radius 1 is 0.861 bits per heavy atom. The first-order chi connectivity index (χ1) is 17.2. The minimum atomic E-state index is -0.475. The highest BCUT2D eigenvalue weighted by atomic mass is 16.5. The Morgan fingerprint density at radius 2 is 1.33 bits per heavy atom. The molecule has 36 heavy (non-hydrogen) atoms. The van der Waals surface area contributed by atoms with Gasteiger partial charge in [-0.2, -0.15) is 0 Å². The van der Waals surface area contributed by atoms with Crippen molar-refractivity contribution in [3.8, 4) is 0 Å². The second kappa shape index (κ2) is 12.1. The number of likely N-dealkylation sites (tertiary alicyclic amines) is 1. The van der Waals surface area contributed by atoms with E-state index in [0.717, 1.165) is 0 Å². The van der Waals surface area contributed by atoms with E-state index in [2.05, 4.69) is 0 Å². The fourth-order valence-electron chi connectivity index (χ4n) is 3.84. The van der Waals surface area contributed by atoms with Gasteiger partial charge in [0.2, 0.25) is 5.91 Å². The maximum Gasteiger partial charge on any atom is 0.337 e. The maximum absolute atomic E-state index is 13.5. The number of ether oxygens (including phenoxy) is 2. The molecule has 8 nitrogen and oxygen atoms in total. The fraction of sp³-hybridized carbons (Fsp3) is 0.286. The lowest BCUT2D eigenvalue weighted by Gasteiger charge is -2.30. The van der Waals surface area contributed by atoms with Gasteiger partial charge in [0, 0.05) is 37.2 Å². The summed E-state index contributed by atoms with van der Waals surface area (Å²) in [4.78, 5) is 53.9. The number of carbonyl (C=O) groups excluding carboxylic acids is 4. The molecule has 1 heterocycles. The third kappa shape index (κ3) is 6.76. The topological polar surface area (TPSA) is 93.2 Å². The van der Waals surface area contributed by atoms with E-state index in [1.54, 1.807) is 65.6 Å². The molecule has 1 aliphatic heterocycles. The Labute approximate surface area is 210 Å². The summed E-state index contributed by atoms with van der Waals surface area (Å²) < 4.78 is 9.58. The van der Waals surface area contributed by atoms with Crippen molar-refractivity contribution in [2.24, 2.45) is 0 Å². The number of rotatable bonds is 7. The first kappa shape index (κ1) is 26.6. The van der Waals surface area contributed by atoms with Crippen LogP contribution in [0.15, 0.2) is 59.7 Å². The van der Waals surface area contributed by atoms with Crippen LogP contribution < -0.4 is 0 Å². The summed E-state index contributed by atoms with van der Waals surface area (Å²) in [5, 5.41) is 0. The van der Waals surface area contributed by atoms with Gasteiger partial charge in [0.1, 0.15) is 0 Å². The smallest absolute Gasteiger partial charge is 0.337 e. The molecule has 0 saturated carbocycles. The molecular formula is C28H30N2O6. The lowest BCUT2D eigenvalue weighted by atomic mass is 9.93. The van der Waals surface area contributed by atoms with Crippen molar-refractivity contribution in [1.29, 1.82) is 0 Å². The molecule has 1 amide bonds. The first-order valence-electron chi connectivity index (χ1n) is 11.5. The maximum atomic E-state index is 13.5. The molecule has 0 aromatic heterocycles. The number of benzene rings is 2. The van der Waals surface area contributed by atoms with E-state index in [1.165, 1.54) is 14.2 Å². The Hall–Kier alpha value is -4.04. The van der Waals surface area contributed by atoms with Crippen LogP contribution in [0.25, 0.3) is 12.2 Å². The van der Waals surface area contributed by atoms with Crippen LogP contribution in [0.4, 0.5) is 0 Å². The molecule has 1 fully saturated rings. The molecule has 2 aromatic carbocycles. The molecule has 0 spiro atoms. The molecule has 3 rings (SSSR count). The van der Waals surface area contributed by atoms with Gasteiger partial charge in [0.15, 0.2) is 5.78 Å². The van der Waals surface area contributed by atoms with Crippen LogP contribution in [-0.4, -0.2) is 81.4 Å². The Bertz CT molecular complexity index is 1150. The van der Waals surface area contributed by atoms with Crippen molar-refractivity contribution in [3.05, 3.63) is 81.9 Å². The molecular weight excluding hydrogens is 460 g/mol. The second-order valence-corrected chi connectivity index (χ2v) is 8.71. The van der Waals surface area contributed by atoms with E-state index in [1.807, 2.05) is 19.0 Å². The zero-order valence-electron chi connectivity index (χ0n) is 20.9. The van der Waals surface area contributed by atoms with Crippen molar-refractivity contribution in [2.45, 2.75) is 6.42 Å². The quantitative estimate of drug-likeness (QED) is 0.435. The Balaban J connectivity index is 2.00. The Morgan fingerprint density at radius 3 is 1.75 bits per heavy atom. The van der Waals surface area contributed by atoms with Crippen LogP contribution in [-0.2, 0) is 19.1 Å². The van der Waals surface area contributed by atoms with Crippen molar-refractivity contribution < 1.29 is 28.7 Å². The predicted molar refractivity (Wildman–Crippen MR) is 136 cm³/mol. The predicted octanol–water partition coefficient (Wildman–Crippen LogP) is 3.09. The minimum Gasteiger partial charge on any atom is -0.465 e. The molecule has 0 unspecified atom stereocenters. The highest BCUT2D eigenvalue weighted by molar-refractivity contribution is 6.15. The van der Waals surface area contributed by atoms with Crippen LogP contribution in [0.5, 0.6) is 0 Å². The molecule has 0 N–H and O–H groups in total. The number of hydrogen-bond donors (Lipinski definition) is 0. The van der Waals surface area contributed by atoms with Gasteiger partial charge in [-0.25, -0.2) is 9.59 Å². The number of ketones is 1. The monoisotopic (exact) mass is 490 g/mol. The van der Waals surface area contributed by atoms with E-state index >= 15 is 0 Å². The van der Waals surface area contributed by atoms with Crippen LogP contribution in [0.3, 0.4) is 0 Å². The minimum absolute atomic E-state index is 0.0698. The largest absolute Gasteiger partial charge is 0.465 e. The van der Waals surface area contributed by atoms with E-state index < -0.39 is 11.9 Å². The van der Waals surface area contributed by atoms with Crippen LogP contribution in [0, 0.1) is 0 Å². The summed E-state index contributed by atoms with van der Waals surface area (Å²) in [6.07, 6.45) is 3.70. The molecule has 0 bridgehead atoms. The molecule has 1 saturated heterocycles. The average Bonchev–Trinajstić information content (AvgIpc) is 2.88. The van der Waals surface area contributed by atoms with Gasteiger partial charge in [0.25, 0.3) is 0 Å². The zero-order valence-corrected chi connectivity index (χ0v) is 20.9. The van der Waals surface area contributed by atoms with Gasteiger partial charge in [0.05, 0.1) is 25.3 Å². The van der Waals surface area contributed by atoms with Gasteiger partial charge in [-0.15, -0.1) is 0 Å². The highest BCUT2D eigenvalue weighted by Crippen LogP contribution is 2.24. The Kier molecular flexibility index (Phi) is 8.91. The molecule has 188 valence electrons. The number of Topliss-reactive ketones (excluding diaryl/α,β-unsaturated/α-hetero) is 1. The molecule has 1 aliphatic rings. The first-order valence-corrected chi connectivity index (χ1v) is 11.5. The standard InChI is InChI=1S/C28H30N2O6/c1-29(2)12-11-25(31)30-17-23(15-19-7-5-9-21(13-19)27(33)35-3)26(32)24(18-30)16-20-8-6-10-22(14-20)28(34)36-4/h5-10,13-16H,11-12,17-18H2,1-4H3/b23-15+,24-16+. The van der Waals surface area contributed by atoms with Crippen LogP contribution in [0.1, 0.15) is 38.3 Å². The summed E-state index contributed by atoms with van der Waals surface area (Å²) >= 11 is 0. The summed E-state index contributed by atoms with van der Waals surface area (Å²) in [5.41, 5.74) is 2.88. The molecule has 0 aliphatic carbocycles. The summed E-state index contributed by atoms with van der Waals surface area (Å²) in [5.74, 6) is -1.22. The van der Waals surface area contributed by atoms with Crippen LogP contribution in [0.2, 0.25) is 0 Å². The van der Waals surface area contributed by atoms with Gasteiger partial charge in [-0.05, 0) is 61.6 Å². The van der Waals surface area contributed by atoms with Crippen molar-refractivity contribution in [1.82, 2.24) is 9.80 Å². The second-order valence-electron chi connectivity index (χ2n) is 8.71. The van der Waals surface area contributed by atoms with E-state index in [0.29, 0.717) is 46.4 Å². The summed E-state index contributed by atoms with van der Waals surface area (Å²) in [7, 11) is 6.40. The lowest BCUT2D eigenvalue weighted by Crippen LogP contribution is -2.42. The van der Waals surface area contributed by atoms with Gasteiger partial charge < -0.3 is 19.3 Å². The van der Waals surface area contributed by atoms with E-state index in [4.69, 9.17) is 9.47 Å². The zero-order chi connectivity index (χ0) is 26.2. The van der Waals surface area contributed by atoms with Gasteiger partial charge in [-0.3, -0.25) is 9.59 Å².